The number of halogens is 1. The first-order valence-corrected chi connectivity index (χ1v) is 10.3. The van der Waals surface area contributed by atoms with Gasteiger partial charge in [-0.05, 0) is 60.9 Å². The monoisotopic (exact) mass is 398 g/mol. The zero-order valence-corrected chi connectivity index (χ0v) is 17.4. The van der Waals surface area contributed by atoms with Crippen LogP contribution in [0.25, 0.3) is 11.1 Å². The number of aryl methyl sites for hydroxylation is 2. The van der Waals surface area contributed by atoms with Crippen molar-refractivity contribution in [1.29, 1.82) is 0 Å². The minimum absolute atomic E-state index is 0.268. The summed E-state index contributed by atoms with van der Waals surface area (Å²) in [4.78, 5) is 0. The molecule has 3 aromatic carbocycles. The van der Waals surface area contributed by atoms with Gasteiger partial charge in [0.25, 0.3) is 0 Å². The summed E-state index contributed by atoms with van der Waals surface area (Å²) in [6.45, 7) is 5.76. The molecular formula is C27H27FN2. The third kappa shape index (κ3) is 6.35. The molecule has 0 N–H and O–H groups in total. The molecule has 0 aliphatic carbocycles. The molecule has 0 aromatic heterocycles. The number of hydrogen-bond donors (Lipinski definition) is 0. The van der Waals surface area contributed by atoms with E-state index < -0.39 is 0 Å². The molecule has 0 bridgehead atoms. The minimum atomic E-state index is -0.268. The molecule has 0 spiro atoms. The van der Waals surface area contributed by atoms with E-state index in [0.717, 1.165) is 29.5 Å². The highest BCUT2D eigenvalue weighted by Crippen LogP contribution is 2.23. The number of nitrogens with zero attached hydrogens (tertiary/aromatic N) is 2. The van der Waals surface area contributed by atoms with E-state index in [9.17, 15) is 4.39 Å². The first-order chi connectivity index (χ1) is 14.7. The molecule has 0 atom stereocenters. The van der Waals surface area contributed by atoms with Gasteiger partial charge in [-0.25, -0.2) is 4.39 Å². The van der Waals surface area contributed by atoms with Gasteiger partial charge in [-0.2, -0.15) is 10.2 Å². The Balaban J connectivity index is 1.57. The first kappa shape index (κ1) is 21.4. The molecule has 0 unspecified atom stereocenters. The van der Waals surface area contributed by atoms with Crippen LogP contribution in [-0.4, -0.2) is 12.4 Å². The summed E-state index contributed by atoms with van der Waals surface area (Å²) in [5.74, 6) is -0.268. The standard InChI is InChI=1S/C27H27FN2/c1-3-4-5-6-7-22-10-12-23(13-11-22)19-29-30-20-24-14-17-26(27(28)18-24)25-15-8-21(2)9-16-25/h3,8-20H,1,4-7H2,2H3. The number of hydrogen-bond acceptors (Lipinski definition) is 2. The lowest BCUT2D eigenvalue weighted by Gasteiger charge is -2.04. The molecule has 0 amide bonds. The van der Waals surface area contributed by atoms with E-state index in [4.69, 9.17) is 0 Å². The molecule has 2 nitrogen and oxygen atoms in total. The van der Waals surface area contributed by atoms with E-state index in [1.165, 1.54) is 24.5 Å². The Hall–Kier alpha value is -3.33. The molecular weight excluding hydrogens is 371 g/mol. The highest BCUT2D eigenvalue weighted by molar-refractivity contribution is 5.83. The summed E-state index contributed by atoms with van der Waals surface area (Å²) >= 11 is 0. The van der Waals surface area contributed by atoms with Gasteiger partial charge in [0.15, 0.2) is 0 Å². The molecule has 3 aromatic rings. The van der Waals surface area contributed by atoms with E-state index in [2.05, 4.69) is 28.9 Å². The molecule has 152 valence electrons. The summed E-state index contributed by atoms with van der Waals surface area (Å²) in [6.07, 6.45) is 9.72. The number of unbranched alkanes of at least 4 members (excludes halogenated alkanes) is 2. The quantitative estimate of drug-likeness (QED) is 0.158. The van der Waals surface area contributed by atoms with Crippen molar-refractivity contribution in [2.24, 2.45) is 10.2 Å². The van der Waals surface area contributed by atoms with Crippen LogP contribution >= 0.6 is 0 Å². The molecule has 3 heteroatoms. The van der Waals surface area contributed by atoms with Gasteiger partial charge in [-0.15, -0.1) is 6.58 Å². The van der Waals surface area contributed by atoms with E-state index in [1.54, 1.807) is 18.5 Å². The van der Waals surface area contributed by atoms with Crippen LogP contribution < -0.4 is 0 Å². The summed E-state index contributed by atoms with van der Waals surface area (Å²) in [5, 5.41) is 8.14. The Labute approximate surface area is 178 Å². The van der Waals surface area contributed by atoms with Crippen LogP contribution in [0.1, 0.15) is 41.5 Å². The lowest BCUT2D eigenvalue weighted by atomic mass is 10.0. The van der Waals surface area contributed by atoms with Gasteiger partial charge >= 0.3 is 0 Å². The first-order valence-electron chi connectivity index (χ1n) is 10.3. The van der Waals surface area contributed by atoms with Crippen molar-refractivity contribution in [3.63, 3.8) is 0 Å². The number of rotatable bonds is 9. The molecule has 0 saturated carbocycles. The van der Waals surface area contributed by atoms with Gasteiger partial charge < -0.3 is 0 Å². The molecule has 0 radical (unpaired) electrons. The molecule has 0 heterocycles. The average molecular weight is 399 g/mol. The second-order valence-corrected chi connectivity index (χ2v) is 7.37. The Morgan fingerprint density at radius 3 is 2.17 bits per heavy atom. The largest absolute Gasteiger partial charge is 0.206 e. The summed E-state index contributed by atoms with van der Waals surface area (Å²) < 4.78 is 14.5. The zero-order chi connectivity index (χ0) is 21.2. The van der Waals surface area contributed by atoms with E-state index >= 15 is 0 Å². The van der Waals surface area contributed by atoms with Gasteiger partial charge in [0.05, 0.1) is 12.4 Å². The van der Waals surface area contributed by atoms with E-state index in [0.29, 0.717) is 11.1 Å². The average Bonchev–Trinajstić information content (AvgIpc) is 2.76. The Kier molecular flexibility index (Phi) is 7.85. The van der Waals surface area contributed by atoms with Crippen molar-refractivity contribution in [3.05, 3.63) is 107 Å². The maximum Gasteiger partial charge on any atom is 0.131 e. The SMILES string of the molecule is C=CCCCCc1ccc(C=NN=Cc2ccc(-c3ccc(C)cc3)c(F)c2)cc1. The van der Waals surface area contributed by atoms with Crippen molar-refractivity contribution in [2.45, 2.75) is 32.6 Å². The molecule has 3 rings (SSSR count). The Morgan fingerprint density at radius 2 is 1.50 bits per heavy atom. The number of benzene rings is 3. The lowest BCUT2D eigenvalue weighted by Crippen LogP contribution is -1.89. The lowest BCUT2D eigenvalue weighted by molar-refractivity contribution is 0.631. The fourth-order valence-electron chi connectivity index (χ4n) is 3.17. The summed E-state index contributed by atoms with van der Waals surface area (Å²) in [5.41, 5.74) is 5.59. The van der Waals surface area contributed by atoms with Crippen molar-refractivity contribution in [3.8, 4) is 11.1 Å². The fraction of sp³-hybridized carbons (Fsp3) is 0.185. The van der Waals surface area contributed by atoms with Crippen LogP contribution in [0, 0.1) is 12.7 Å². The smallest absolute Gasteiger partial charge is 0.131 e. The minimum Gasteiger partial charge on any atom is -0.206 e. The zero-order valence-electron chi connectivity index (χ0n) is 17.4. The van der Waals surface area contributed by atoms with Crippen LogP contribution in [0.4, 0.5) is 4.39 Å². The van der Waals surface area contributed by atoms with Crippen LogP contribution in [0.15, 0.2) is 89.6 Å². The van der Waals surface area contributed by atoms with Crippen LogP contribution in [0.2, 0.25) is 0 Å². The van der Waals surface area contributed by atoms with Crippen LogP contribution in [0.5, 0.6) is 0 Å². The second-order valence-electron chi connectivity index (χ2n) is 7.37. The molecule has 0 aliphatic heterocycles. The third-order valence-electron chi connectivity index (χ3n) is 4.94. The predicted octanol–water partition coefficient (Wildman–Crippen LogP) is 7.15. The van der Waals surface area contributed by atoms with E-state index in [-0.39, 0.29) is 5.82 Å². The molecule has 0 aliphatic rings. The maximum absolute atomic E-state index is 14.5. The highest BCUT2D eigenvalue weighted by Gasteiger charge is 2.05. The third-order valence-corrected chi connectivity index (χ3v) is 4.94. The summed E-state index contributed by atoms with van der Waals surface area (Å²) in [7, 11) is 0. The van der Waals surface area contributed by atoms with Gasteiger partial charge in [-0.3, -0.25) is 0 Å². The van der Waals surface area contributed by atoms with Gasteiger partial charge in [0.2, 0.25) is 0 Å². The van der Waals surface area contributed by atoms with Crippen LogP contribution in [-0.2, 0) is 6.42 Å². The molecule has 0 saturated heterocycles. The van der Waals surface area contributed by atoms with Crippen molar-refractivity contribution in [1.82, 2.24) is 0 Å². The molecule has 0 fully saturated rings. The highest BCUT2D eigenvalue weighted by atomic mass is 19.1. The number of allylic oxidation sites excluding steroid dienone is 1. The van der Waals surface area contributed by atoms with Crippen molar-refractivity contribution in [2.75, 3.05) is 0 Å². The molecule has 30 heavy (non-hydrogen) atoms. The van der Waals surface area contributed by atoms with Gasteiger partial charge in [-0.1, -0.05) is 72.3 Å². The Morgan fingerprint density at radius 1 is 0.833 bits per heavy atom. The second kappa shape index (κ2) is 11.0. The van der Waals surface area contributed by atoms with Gasteiger partial charge in [0, 0.05) is 5.56 Å². The summed E-state index contributed by atoms with van der Waals surface area (Å²) in [6, 6.07) is 21.2. The van der Waals surface area contributed by atoms with Gasteiger partial charge in [0.1, 0.15) is 5.82 Å². The topological polar surface area (TPSA) is 24.7 Å². The van der Waals surface area contributed by atoms with Crippen LogP contribution in [0.3, 0.4) is 0 Å². The van der Waals surface area contributed by atoms with Crippen molar-refractivity contribution >= 4 is 12.4 Å². The normalized spacial score (nSPS) is 11.4. The Bertz CT molecular complexity index is 1020. The maximum atomic E-state index is 14.5. The predicted molar refractivity (Wildman–Crippen MR) is 126 cm³/mol. The van der Waals surface area contributed by atoms with E-state index in [1.807, 2.05) is 55.5 Å². The van der Waals surface area contributed by atoms with Crippen molar-refractivity contribution < 1.29 is 4.39 Å². The fourth-order valence-corrected chi connectivity index (χ4v) is 3.17.